The second-order valence-corrected chi connectivity index (χ2v) is 4.75. The number of nitrogens with one attached hydrogen (secondary N) is 2. The molecule has 0 bridgehead atoms. The van der Waals surface area contributed by atoms with Gasteiger partial charge in [0.05, 0.1) is 20.1 Å². The van der Waals surface area contributed by atoms with E-state index >= 15 is 0 Å². The van der Waals surface area contributed by atoms with Gasteiger partial charge in [0.15, 0.2) is 5.78 Å². The minimum absolute atomic E-state index is 0.00942. The van der Waals surface area contributed by atoms with E-state index < -0.39 is 17.9 Å². The van der Waals surface area contributed by atoms with Crippen LogP contribution in [0.5, 0.6) is 0 Å². The van der Waals surface area contributed by atoms with Crippen LogP contribution in [0.3, 0.4) is 0 Å². The zero-order valence-electron chi connectivity index (χ0n) is 12.3. The van der Waals surface area contributed by atoms with Gasteiger partial charge in [-0.25, -0.2) is 0 Å². The first-order valence-corrected chi connectivity index (χ1v) is 6.41. The smallest absolute Gasteiger partial charge is 0.305 e. The molecular formula is C13H22N2O5. The topological polar surface area (TPSA) is 102 Å². The molecule has 0 heterocycles. The minimum atomic E-state index is -0.680. The van der Waals surface area contributed by atoms with E-state index in [1.165, 1.54) is 14.0 Å². The summed E-state index contributed by atoms with van der Waals surface area (Å²) in [7, 11) is 1.25. The first-order valence-electron chi connectivity index (χ1n) is 6.41. The summed E-state index contributed by atoms with van der Waals surface area (Å²) in [6.45, 7) is 4.74. The van der Waals surface area contributed by atoms with E-state index in [1.54, 1.807) is 13.8 Å². The molecule has 20 heavy (non-hydrogen) atoms. The van der Waals surface area contributed by atoms with Crippen LogP contribution in [-0.2, 0) is 23.9 Å². The van der Waals surface area contributed by atoms with Gasteiger partial charge in [0, 0.05) is 13.3 Å². The van der Waals surface area contributed by atoms with Crippen molar-refractivity contribution >= 4 is 23.6 Å². The fraction of sp³-hybridized carbons (Fsp3) is 0.692. The molecule has 0 aromatic carbocycles. The van der Waals surface area contributed by atoms with Crippen LogP contribution in [-0.4, -0.2) is 43.3 Å². The molecule has 114 valence electrons. The van der Waals surface area contributed by atoms with Crippen molar-refractivity contribution in [2.75, 3.05) is 13.7 Å². The minimum Gasteiger partial charge on any atom is -0.469 e. The number of Topliss-reactive ketones (excluding diaryl/α,β-unsaturated/α-hetero) is 1. The van der Waals surface area contributed by atoms with Gasteiger partial charge in [0.25, 0.3) is 0 Å². The SMILES string of the molecule is COC(=O)CCC(=O)CNC(=O)[C@@H](NC(C)=O)C(C)C. The van der Waals surface area contributed by atoms with Gasteiger partial charge >= 0.3 is 5.97 Å². The van der Waals surface area contributed by atoms with E-state index in [9.17, 15) is 19.2 Å². The Morgan fingerprint density at radius 3 is 2.15 bits per heavy atom. The van der Waals surface area contributed by atoms with Crippen LogP contribution in [0.1, 0.15) is 33.6 Å². The molecule has 7 nitrogen and oxygen atoms in total. The highest BCUT2D eigenvalue weighted by Crippen LogP contribution is 2.02. The molecule has 7 heteroatoms. The summed E-state index contributed by atoms with van der Waals surface area (Å²) in [5.74, 6) is -1.56. The van der Waals surface area contributed by atoms with Gasteiger partial charge in [-0.05, 0) is 5.92 Å². The third-order valence-corrected chi connectivity index (χ3v) is 2.60. The van der Waals surface area contributed by atoms with Gasteiger partial charge in [-0.1, -0.05) is 13.8 Å². The van der Waals surface area contributed by atoms with E-state index in [1.807, 2.05) is 0 Å². The lowest BCUT2D eigenvalue weighted by atomic mass is 10.0. The fourth-order valence-electron chi connectivity index (χ4n) is 1.48. The Morgan fingerprint density at radius 1 is 1.10 bits per heavy atom. The van der Waals surface area contributed by atoms with Crippen LogP contribution in [0.15, 0.2) is 0 Å². The largest absolute Gasteiger partial charge is 0.469 e. The number of carbonyl (C=O) groups is 4. The van der Waals surface area contributed by atoms with Crippen LogP contribution < -0.4 is 10.6 Å². The molecule has 2 N–H and O–H groups in total. The molecule has 0 saturated heterocycles. The van der Waals surface area contributed by atoms with E-state index in [2.05, 4.69) is 15.4 Å². The Labute approximate surface area is 118 Å². The summed E-state index contributed by atoms with van der Waals surface area (Å²) in [6, 6.07) is -0.680. The molecule has 0 spiro atoms. The number of esters is 1. The van der Waals surface area contributed by atoms with Gasteiger partial charge in [-0.2, -0.15) is 0 Å². The summed E-state index contributed by atoms with van der Waals surface area (Å²) in [4.78, 5) is 45.2. The highest BCUT2D eigenvalue weighted by Gasteiger charge is 2.23. The van der Waals surface area contributed by atoms with Crippen molar-refractivity contribution in [2.24, 2.45) is 5.92 Å². The predicted molar refractivity (Wildman–Crippen MR) is 71.7 cm³/mol. The van der Waals surface area contributed by atoms with Crippen molar-refractivity contribution in [1.82, 2.24) is 10.6 Å². The number of amides is 2. The van der Waals surface area contributed by atoms with Gasteiger partial charge in [0.2, 0.25) is 11.8 Å². The molecule has 0 radical (unpaired) electrons. The molecule has 0 fully saturated rings. The van der Waals surface area contributed by atoms with Gasteiger partial charge in [-0.3, -0.25) is 19.2 Å². The molecule has 0 unspecified atom stereocenters. The van der Waals surface area contributed by atoms with E-state index in [0.29, 0.717) is 0 Å². The van der Waals surface area contributed by atoms with Crippen molar-refractivity contribution in [3.05, 3.63) is 0 Å². The Morgan fingerprint density at radius 2 is 1.70 bits per heavy atom. The first kappa shape index (κ1) is 18.1. The number of hydrogen-bond acceptors (Lipinski definition) is 5. The number of rotatable bonds is 8. The predicted octanol–water partition coefficient (Wildman–Crippen LogP) is -0.214. The Balaban J connectivity index is 4.21. The number of hydrogen-bond donors (Lipinski definition) is 2. The fourth-order valence-corrected chi connectivity index (χ4v) is 1.48. The van der Waals surface area contributed by atoms with E-state index in [0.717, 1.165) is 0 Å². The average Bonchev–Trinajstić information content (AvgIpc) is 2.38. The summed E-state index contributed by atoms with van der Waals surface area (Å²) in [5, 5.41) is 4.98. The normalized spacial score (nSPS) is 11.7. The number of ketones is 1. The third kappa shape index (κ3) is 7.50. The second kappa shape index (κ2) is 9.06. The number of carbonyl (C=O) groups excluding carboxylic acids is 4. The van der Waals surface area contributed by atoms with Gasteiger partial charge in [-0.15, -0.1) is 0 Å². The lowest BCUT2D eigenvalue weighted by Crippen LogP contribution is -2.50. The number of ether oxygens (including phenoxy) is 1. The quantitative estimate of drug-likeness (QED) is 0.601. The summed E-state index contributed by atoms with van der Waals surface area (Å²) < 4.78 is 4.41. The molecule has 1 atom stereocenters. The Kier molecular flexibility index (Phi) is 8.19. The molecule has 0 aliphatic rings. The van der Waals surface area contributed by atoms with Crippen molar-refractivity contribution < 1.29 is 23.9 Å². The zero-order chi connectivity index (χ0) is 15.7. The molecule has 0 aliphatic carbocycles. The lowest BCUT2D eigenvalue weighted by molar-refractivity contribution is -0.141. The molecular weight excluding hydrogens is 264 g/mol. The number of methoxy groups -OCH3 is 1. The summed E-state index contributed by atoms with van der Waals surface area (Å²) >= 11 is 0. The highest BCUT2D eigenvalue weighted by molar-refractivity contribution is 5.91. The van der Waals surface area contributed by atoms with Crippen LogP contribution in [0, 0.1) is 5.92 Å². The van der Waals surface area contributed by atoms with Crippen molar-refractivity contribution in [1.29, 1.82) is 0 Å². The zero-order valence-corrected chi connectivity index (χ0v) is 12.3. The summed E-state index contributed by atoms with van der Waals surface area (Å²) in [5.41, 5.74) is 0. The van der Waals surface area contributed by atoms with Crippen LogP contribution in [0.2, 0.25) is 0 Å². The van der Waals surface area contributed by atoms with Gasteiger partial charge < -0.3 is 15.4 Å². The standard InChI is InChI=1S/C13H22N2O5/c1-8(2)12(15-9(3)16)13(19)14-7-10(17)5-6-11(18)20-4/h8,12H,5-7H2,1-4H3,(H,14,19)(H,15,16)/t12-/m0/s1. The monoisotopic (exact) mass is 286 g/mol. The van der Waals surface area contributed by atoms with Crippen LogP contribution >= 0.6 is 0 Å². The molecule has 0 saturated carbocycles. The van der Waals surface area contributed by atoms with Crippen molar-refractivity contribution in [3.63, 3.8) is 0 Å². The Hall–Kier alpha value is -1.92. The van der Waals surface area contributed by atoms with Crippen molar-refractivity contribution in [3.8, 4) is 0 Å². The molecule has 0 rings (SSSR count). The molecule has 0 aromatic rings. The molecule has 0 aliphatic heterocycles. The molecule has 2 amide bonds. The van der Waals surface area contributed by atoms with Crippen LogP contribution in [0.4, 0.5) is 0 Å². The van der Waals surface area contributed by atoms with Crippen molar-refractivity contribution in [2.45, 2.75) is 39.7 Å². The first-order chi connectivity index (χ1) is 9.27. The molecule has 0 aromatic heterocycles. The summed E-state index contributed by atoms with van der Waals surface area (Å²) in [6.07, 6.45) is 0.00391. The maximum atomic E-state index is 11.8. The Bertz CT molecular complexity index is 379. The third-order valence-electron chi connectivity index (χ3n) is 2.60. The van der Waals surface area contributed by atoms with E-state index in [4.69, 9.17) is 0 Å². The second-order valence-electron chi connectivity index (χ2n) is 4.75. The average molecular weight is 286 g/mol. The maximum absolute atomic E-state index is 11.8. The van der Waals surface area contributed by atoms with E-state index in [-0.39, 0.29) is 37.0 Å². The highest BCUT2D eigenvalue weighted by atomic mass is 16.5. The maximum Gasteiger partial charge on any atom is 0.305 e. The van der Waals surface area contributed by atoms with Crippen LogP contribution in [0.25, 0.3) is 0 Å². The van der Waals surface area contributed by atoms with Gasteiger partial charge in [0.1, 0.15) is 6.04 Å². The lowest BCUT2D eigenvalue weighted by Gasteiger charge is -2.20.